The van der Waals surface area contributed by atoms with Crippen LogP contribution >= 0.6 is 0 Å². The Kier molecular flexibility index (Phi) is 8.04. The van der Waals surface area contributed by atoms with Crippen molar-refractivity contribution >= 4 is 5.69 Å². The van der Waals surface area contributed by atoms with Gasteiger partial charge in [-0.2, -0.15) is 4.98 Å². The SMILES string of the molecule is CC(C)COC[C@H](O)CN[C@@H](c1nc(-c2ccc([N+](=O)[O-])cc2)no1)C(C)C. The van der Waals surface area contributed by atoms with Crippen molar-refractivity contribution in [1.82, 2.24) is 15.5 Å². The maximum absolute atomic E-state index is 10.8. The summed E-state index contributed by atoms with van der Waals surface area (Å²) >= 11 is 0. The number of benzene rings is 1. The molecule has 0 aliphatic rings. The molecule has 0 amide bonds. The van der Waals surface area contributed by atoms with Crippen molar-refractivity contribution < 1.29 is 19.3 Å². The van der Waals surface area contributed by atoms with E-state index in [-0.39, 0.29) is 24.3 Å². The minimum absolute atomic E-state index is 0.00265. The van der Waals surface area contributed by atoms with Crippen molar-refractivity contribution in [2.75, 3.05) is 19.8 Å². The smallest absolute Gasteiger partial charge is 0.269 e. The molecule has 154 valence electrons. The zero-order chi connectivity index (χ0) is 20.7. The summed E-state index contributed by atoms with van der Waals surface area (Å²) in [7, 11) is 0. The van der Waals surface area contributed by atoms with Crippen LogP contribution in [0.4, 0.5) is 5.69 Å². The molecule has 28 heavy (non-hydrogen) atoms. The van der Waals surface area contributed by atoms with Crippen LogP contribution in [0.5, 0.6) is 0 Å². The number of non-ortho nitro benzene ring substituents is 1. The molecule has 0 aliphatic heterocycles. The molecule has 0 spiro atoms. The van der Waals surface area contributed by atoms with E-state index in [1.54, 1.807) is 12.1 Å². The lowest BCUT2D eigenvalue weighted by Gasteiger charge is -2.21. The highest BCUT2D eigenvalue weighted by molar-refractivity contribution is 5.56. The van der Waals surface area contributed by atoms with E-state index in [1.165, 1.54) is 12.1 Å². The molecule has 0 fully saturated rings. The van der Waals surface area contributed by atoms with E-state index in [0.29, 0.717) is 36.3 Å². The maximum atomic E-state index is 10.8. The highest BCUT2D eigenvalue weighted by Gasteiger charge is 2.23. The molecule has 0 saturated carbocycles. The second-order valence-electron chi connectivity index (χ2n) is 7.48. The van der Waals surface area contributed by atoms with Crippen molar-refractivity contribution in [1.29, 1.82) is 0 Å². The van der Waals surface area contributed by atoms with Crippen molar-refractivity contribution in [3.8, 4) is 11.4 Å². The Bertz CT molecular complexity index is 745. The van der Waals surface area contributed by atoms with E-state index in [1.807, 2.05) is 13.8 Å². The molecule has 1 aromatic heterocycles. The van der Waals surface area contributed by atoms with Gasteiger partial charge in [0.05, 0.1) is 23.7 Å². The number of nitro groups is 1. The highest BCUT2D eigenvalue weighted by atomic mass is 16.6. The molecular weight excluding hydrogens is 364 g/mol. The number of hydrogen-bond donors (Lipinski definition) is 2. The lowest BCUT2D eigenvalue weighted by molar-refractivity contribution is -0.384. The summed E-state index contributed by atoms with van der Waals surface area (Å²) in [5, 5.41) is 28.1. The maximum Gasteiger partial charge on any atom is 0.269 e. The van der Waals surface area contributed by atoms with Crippen LogP contribution in [0.3, 0.4) is 0 Å². The van der Waals surface area contributed by atoms with Crippen molar-refractivity contribution in [2.24, 2.45) is 11.8 Å². The third-order valence-electron chi connectivity index (χ3n) is 4.05. The Morgan fingerprint density at radius 2 is 1.89 bits per heavy atom. The molecule has 0 saturated heterocycles. The normalized spacial score (nSPS) is 13.8. The number of nitro benzene ring substituents is 1. The first-order valence-electron chi connectivity index (χ1n) is 9.35. The van der Waals surface area contributed by atoms with Crippen LogP contribution in [0.1, 0.15) is 39.6 Å². The molecule has 2 atom stereocenters. The fourth-order valence-electron chi connectivity index (χ4n) is 2.58. The first-order valence-corrected chi connectivity index (χ1v) is 9.35. The second kappa shape index (κ2) is 10.3. The van der Waals surface area contributed by atoms with Gasteiger partial charge < -0.3 is 19.7 Å². The Balaban J connectivity index is 1.99. The zero-order valence-electron chi connectivity index (χ0n) is 16.7. The van der Waals surface area contributed by atoms with E-state index in [4.69, 9.17) is 9.26 Å². The Morgan fingerprint density at radius 3 is 2.46 bits per heavy atom. The van der Waals surface area contributed by atoms with Gasteiger partial charge in [-0.3, -0.25) is 10.1 Å². The van der Waals surface area contributed by atoms with Crippen molar-refractivity contribution in [3.05, 3.63) is 40.3 Å². The number of aliphatic hydroxyl groups excluding tert-OH is 1. The lowest BCUT2D eigenvalue weighted by Crippen LogP contribution is -2.35. The van der Waals surface area contributed by atoms with Crippen molar-refractivity contribution in [2.45, 2.75) is 39.8 Å². The van der Waals surface area contributed by atoms with Crippen LogP contribution in [0, 0.1) is 22.0 Å². The monoisotopic (exact) mass is 392 g/mol. The number of ether oxygens (including phenoxy) is 1. The molecule has 9 heteroatoms. The summed E-state index contributed by atoms with van der Waals surface area (Å²) in [6.07, 6.45) is -0.642. The summed E-state index contributed by atoms with van der Waals surface area (Å²) in [6.45, 7) is 9.32. The molecule has 1 heterocycles. The third-order valence-corrected chi connectivity index (χ3v) is 4.05. The van der Waals surface area contributed by atoms with Crippen LogP contribution in [-0.4, -0.2) is 46.0 Å². The van der Waals surface area contributed by atoms with Gasteiger partial charge in [-0.15, -0.1) is 0 Å². The molecular formula is C19H28N4O5. The average molecular weight is 392 g/mol. The molecule has 2 rings (SSSR count). The summed E-state index contributed by atoms with van der Waals surface area (Å²) in [6, 6.07) is 5.73. The fourth-order valence-corrected chi connectivity index (χ4v) is 2.58. The minimum atomic E-state index is -0.642. The first kappa shape index (κ1) is 21.9. The number of aromatic nitrogens is 2. The van der Waals surface area contributed by atoms with Crippen LogP contribution in [0.2, 0.25) is 0 Å². The first-order chi connectivity index (χ1) is 13.3. The van der Waals surface area contributed by atoms with Gasteiger partial charge >= 0.3 is 0 Å². The summed E-state index contributed by atoms with van der Waals surface area (Å²) in [5.74, 6) is 1.32. The van der Waals surface area contributed by atoms with Gasteiger partial charge in [-0.25, -0.2) is 0 Å². The Morgan fingerprint density at radius 1 is 1.21 bits per heavy atom. The lowest BCUT2D eigenvalue weighted by atomic mass is 10.0. The van der Waals surface area contributed by atoms with Gasteiger partial charge in [-0.05, 0) is 24.0 Å². The number of hydrogen-bond acceptors (Lipinski definition) is 8. The molecule has 9 nitrogen and oxygen atoms in total. The summed E-state index contributed by atoms with van der Waals surface area (Å²) in [5.41, 5.74) is 0.632. The zero-order valence-corrected chi connectivity index (χ0v) is 16.7. The van der Waals surface area contributed by atoms with Gasteiger partial charge in [0.25, 0.3) is 5.69 Å². The van der Waals surface area contributed by atoms with Gasteiger partial charge in [0.2, 0.25) is 11.7 Å². The van der Waals surface area contributed by atoms with Crippen LogP contribution in [0.25, 0.3) is 11.4 Å². The molecule has 0 radical (unpaired) electrons. The largest absolute Gasteiger partial charge is 0.389 e. The molecule has 0 aliphatic carbocycles. The van der Waals surface area contributed by atoms with Gasteiger partial charge in [0, 0.05) is 30.8 Å². The van der Waals surface area contributed by atoms with Crippen LogP contribution < -0.4 is 5.32 Å². The van der Waals surface area contributed by atoms with Gasteiger partial charge in [0.15, 0.2) is 0 Å². The van der Waals surface area contributed by atoms with E-state index in [0.717, 1.165) is 0 Å². The average Bonchev–Trinajstić information content (AvgIpc) is 3.11. The van der Waals surface area contributed by atoms with E-state index in [9.17, 15) is 15.2 Å². The summed E-state index contributed by atoms with van der Waals surface area (Å²) < 4.78 is 10.8. The fraction of sp³-hybridized carbons (Fsp3) is 0.579. The van der Waals surface area contributed by atoms with E-state index in [2.05, 4.69) is 29.3 Å². The topological polar surface area (TPSA) is 124 Å². The highest BCUT2D eigenvalue weighted by Crippen LogP contribution is 2.24. The van der Waals surface area contributed by atoms with E-state index < -0.39 is 11.0 Å². The molecule has 1 aromatic carbocycles. The number of nitrogens with zero attached hydrogens (tertiary/aromatic N) is 3. The quantitative estimate of drug-likeness (QED) is 0.442. The molecule has 2 N–H and O–H groups in total. The minimum Gasteiger partial charge on any atom is -0.389 e. The van der Waals surface area contributed by atoms with E-state index >= 15 is 0 Å². The molecule has 0 bridgehead atoms. The van der Waals surface area contributed by atoms with Crippen LogP contribution in [0.15, 0.2) is 28.8 Å². The predicted molar refractivity (Wildman–Crippen MR) is 104 cm³/mol. The van der Waals surface area contributed by atoms with Gasteiger partial charge in [-0.1, -0.05) is 32.9 Å². The number of rotatable bonds is 11. The standard InChI is InChI=1S/C19H28N4O5/c1-12(2)10-27-11-16(24)9-20-17(13(3)4)19-21-18(22-28-19)14-5-7-15(8-6-14)23(25)26/h5-8,12-13,16-17,20,24H,9-11H2,1-4H3/t16-,17-/m1/s1. The van der Waals surface area contributed by atoms with Gasteiger partial charge in [0.1, 0.15) is 0 Å². The number of aliphatic hydroxyl groups is 1. The molecule has 0 unspecified atom stereocenters. The third kappa shape index (κ3) is 6.36. The predicted octanol–water partition coefficient (Wildman–Crippen LogP) is 2.97. The summed E-state index contributed by atoms with van der Waals surface area (Å²) in [4.78, 5) is 14.7. The second-order valence-corrected chi connectivity index (χ2v) is 7.48. The number of nitrogens with one attached hydrogen (secondary N) is 1. The Hall–Kier alpha value is -2.36. The van der Waals surface area contributed by atoms with Crippen LogP contribution in [-0.2, 0) is 4.74 Å². The Labute approximate surface area is 164 Å². The van der Waals surface area contributed by atoms with Crippen molar-refractivity contribution in [3.63, 3.8) is 0 Å². The molecule has 2 aromatic rings.